The van der Waals surface area contributed by atoms with Gasteiger partial charge in [0.1, 0.15) is 0 Å². The van der Waals surface area contributed by atoms with E-state index in [4.69, 9.17) is 10.8 Å². The number of benzene rings is 1. The fourth-order valence-corrected chi connectivity index (χ4v) is 2.14. The molecule has 98 valence electrons. The zero-order valence-electron chi connectivity index (χ0n) is 9.79. The highest BCUT2D eigenvalue weighted by atomic mass is 32.2. The number of aromatic hydroxyl groups is 1. The van der Waals surface area contributed by atoms with E-state index in [-0.39, 0.29) is 22.6 Å². The van der Waals surface area contributed by atoms with Gasteiger partial charge in [0.15, 0.2) is 10.9 Å². The van der Waals surface area contributed by atoms with Crippen LogP contribution in [0.2, 0.25) is 0 Å². The number of Topliss-reactive ketones (excluding diaryl/α,β-unsaturated/α-hetero) is 1. The van der Waals surface area contributed by atoms with Crippen LogP contribution in [0.3, 0.4) is 0 Å². The third-order valence-electron chi connectivity index (χ3n) is 2.28. The van der Waals surface area contributed by atoms with Crippen LogP contribution < -0.4 is 11.3 Å². The number of aromatic amines is 1. The second kappa shape index (κ2) is 5.57. The van der Waals surface area contributed by atoms with Crippen LogP contribution in [0.4, 0.5) is 5.69 Å². The molecular weight excluding hydrogens is 266 g/mol. The van der Waals surface area contributed by atoms with Gasteiger partial charge in [-0.25, -0.2) is 0 Å². The largest absolute Gasteiger partial charge is 0.493 e. The fraction of sp³-hybridized carbons (Fsp3) is 0.0833. The van der Waals surface area contributed by atoms with E-state index in [1.54, 1.807) is 24.3 Å². The van der Waals surface area contributed by atoms with Gasteiger partial charge in [0, 0.05) is 11.3 Å². The van der Waals surface area contributed by atoms with Crippen LogP contribution in [0.5, 0.6) is 5.88 Å². The Morgan fingerprint density at radius 2 is 2.05 bits per heavy atom. The number of carbonyl (C=O) groups excluding carboxylic acids is 1. The number of nitrogens with one attached hydrogen (secondary N) is 1. The van der Waals surface area contributed by atoms with Crippen LogP contribution >= 0.6 is 11.8 Å². The summed E-state index contributed by atoms with van der Waals surface area (Å²) in [6, 6.07) is 7.53. The summed E-state index contributed by atoms with van der Waals surface area (Å²) in [5.41, 5.74) is 6.19. The molecule has 4 N–H and O–H groups in total. The number of carbonyl (C=O) groups is 1. The Labute approximate surface area is 112 Å². The molecule has 0 radical (unpaired) electrons. The molecule has 7 heteroatoms. The molecule has 0 aliphatic rings. The monoisotopic (exact) mass is 277 g/mol. The first-order chi connectivity index (χ1) is 9.04. The Morgan fingerprint density at radius 1 is 1.37 bits per heavy atom. The summed E-state index contributed by atoms with van der Waals surface area (Å²) >= 11 is 1.05. The minimum Gasteiger partial charge on any atom is -0.493 e. The molecule has 0 atom stereocenters. The van der Waals surface area contributed by atoms with E-state index in [0.29, 0.717) is 11.3 Å². The van der Waals surface area contributed by atoms with Crippen LogP contribution in [-0.4, -0.2) is 26.6 Å². The lowest BCUT2D eigenvalue weighted by Gasteiger charge is -2.02. The van der Waals surface area contributed by atoms with Crippen molar-refractivity contribution in [3.05, 3.63) is 46.2 Å². The second-order valence-corrected chi connectivity index (χ2v) is 4.71. The Hall–Kier alpha value is -2.28. The number of hydrogen-bond donors (Lipinski definition) is 3. The van der Waals surface area contributed by atoms with E-state index < -0.39 is 5.56 Å². The van der Waals surface area contributed by atoms with Crippen molar-refractivity contribution in [2.24, 2.45) is 0 Å². The van der Waals surface area contributed by atoms with Crippen molar-refractivity contribution in [2.75, 3.05) is 11.5 Å². The average Bonchev–Trinajstić information content (AvgIpc) is 2.36. The first-order valence-electron chi connectivity index (χ1n) is 5.36. The molecule has 0 saturated carbocycles. The number of nitrogens with two attached hydrogens (primary N) is 1. The molecule has 0 unspecified atom stereocenters. The first kappa shape index (κ1) is 13.2. The number of thioether (sulfide) groups is 1. The van der Waals surface area contributed by atoms with Gasteiger partial charge in [-0.05, 0) is 24.3 Å². The Morgan fingerprint density at radius 3 is 2.68 bits per heavy atom. The van der Waals surface area contributed by atoms with Gasteiger partial charge < -0.3 is 15.8 Å². The van der Waals surface area contributed by atoms with Gasteiger partial charge in [-0.15, -0.1) is 0 Å². The smallest absolute Gasteiger partial charge is 0.255 e. The van der Waals surface area contributed by atoms with Crippen molar-refractivity contribution in [2.45, 2.75) is 5.16 Å². The summed E-state index contributed by atoms with van der Waals surface area (Å²) in [7, 11) is 0. The third kappa shape index (κ3) is 3.59. The molecule has 0 aliphatic carbocycles. The minimum atomic E-state index is -0.463. The van der Waals surface area contributed by atoms with Crippen LogP contribution in [0.25, 0.3) is 0 Å². The highest BCUT2D eigenvalue weighted by Crippen LogP contribution is 2.16. The molecule has 0 fully saturated rings. The molecule has 19 heavy (non-hydrogen) atoms. The number of nitrogens with zero attached hydrogens (tertiary/aromatic N) is 1. The molecule has 0 saturated heterocycles. The first-order valence-corrected chi connectivity index (χ1v) is 6.35. The summed E-state index contributed by atoms with van der Waals surface area (Å²) in [5.74, 6) is -0.377. The quantitative estimate of drug-likeness (QED) is 0.333. The number of H-pyrrole nitrogens is 1. The lowest BCUT2D eigenvalue weighted by atomic mass is 10.1. The third-order valence-corrected chi connectivity index (χ3v) is 3.15. The van der Waals surface area contributed by atoms with Gasteiger partial charge in [-0.1, -0.05) is 11.8 Å². The van der Waals surface area contributed by atoms with Crippen LogP contribution in [0.1, 0.15) is 10.4 Å². The normalized spacial score (nSPS) is 10.3. The predicted molar refractivity (Wildman–Crippen MR) is 72.4 cm³/mol. The SMILES string of the molecule is Nc1ccc(C(=O)CSc2nc(O)cc(=O)[nH]2)cc1. The molecule has 2 aromatic rings. The Balaban J connectivity index is 2.04. The van der Waals surface area contributed by atoms with Crippen molar-refractivity contribution in [1.82, 2.24) is 9.97 Å². The maximum atomic E-state index is 11.9. The van der Waals surface area contributed by atoms with Crippen molar-refractivity contribution in [3.63, 3.8) is 0 Å². The maximum Gasteiger partial charge on any atom is 0.255 e. The maximum absolute atomic E-state index is 11.9. The van der Waals surface area contributed by atoms with E-state index in [1.165, 1.54) is 0 Å². The molecule has 6 nitrogen and oxygen atoms in total. The molecule has 0 spiro atoms. The highest BCUT2D eigenvalue weighted by Gasteiger charge is 2.08. The number of nitrogen functional groups attached to an aromatic ring is 1. The minimum absolute atomic E-state index is 0.107. The lowest BCUT2D eigenvalue weighted by molar-refractivity contribution is 0.102. The van der Waals surface area contributed by atoms with Crippen molar-refractivity contribution in [3.8, 4) is 5.88 Å². The molecule has 2 rings (SSSR count). The van der Waals surface area contributed by atoms with E-state index in [9.17, 15) is 9.59 Å². The molecule has 1 heterocycles. The lowest BCUT2D eigenvalue weighted by Crippen LogP contribution is -2.08. The van der Waals surface area contributed by atoms with Crippen molar-refractivity contribution in [1.29, 1.82) is 0 Å². The van der Waals surface area contributed by atoms with Gasteiger partial charge in [0.2, 0.25) is 5.88 Å². The Kier molecular flexibility index (Phi) is 3.86. The van der Waals surface area contributed by atoms with Gasteiger partial charge in [0.25, 0.3) is 5.56 Å². The summed E-state index contributed by atoms with van der Waals surface area (Å²) in [6.07, 6.45) is 0. The number of rotatable bonds is 4. The molecule has 0 aliphatic heterocycles. The summed E-state index contributed by atoms with van der Waals surface area (Å²) in [4.78, 5) is 29.1. The van der Waals surface area contributed by atoms with E-state index in [0.717, 1.165) is 17.8 Å². The zero-order chi connectivity index (χ0) is 13.8. The number of ketones is 1. The van der Waals surface area contributed by atoms with Crippen LogP contribution in [0.15, 0.2) is 40.3 Å². The van der Waals surface area contributed by atoms with E-state index >= 15 is 0 Å². The van der Waals surface area contributed by atoms with Crippen LogP contribution in [-0.2, 0) is 0 Å². The molecule has 1 aromatic carbocycles. The number of anilines is 1. The van der Waals surface area contributed by atoms with Gasteiger partial charge in [0.05, 0.1) is 11.8 Å². The summed E-state index contributed by atoms with van der Waals surface area (Å²) < 4.78 is 0. The topological polar surface area (TPSA) is 109 Å². The summed E-state index contributed by atoms with van der Waals surface area (Å²) in [5, 5.41) is 9.37. The summed E-state index contributed by atoms with van der Waals surface area (Å²) in [6.45, 7) is 0. The molecule has 0 bridgehead atoms. The van der Waals surface area contributed by atoms with Crippen molar-refractivity contribution >= 4 is 23.2 Å². The fourth-order valence-electron chi connectivity index (χ4n) is 1.38. The van der Waals surface area contributed by atoms with Gasteiger partial charge in [-0.2, -0.15) is 4.98 Å². The molecule has 0 amide bonds. The molecule has 1 aromatic heterocycles. The van der Waals surface area contributed by atoms with E-state index in [2.05, 4.69) is 9.97 Å². The van der Waals surface area contributed by atoms with Gasteiger partial charge in [-0.3, -0.25) is 9.59 Å². The average molecular weight is 277 g/mol. The van der Waals surface area contributed by atoms with E-state index in [1.807, 2.05) is 0 Å². The second-order valence-electron chi connectivity index (χ2n) is 3.74. The highest BCUT2D eigenvalue weighted by molar-refractivity contribution is 7.99. The van der Waals surface area contributed by atoms with Gasteiger partial charge >= 0.3 is 0 Å². The standard InChI is InChI=1S/C12H11N3O3S/c13-8-3-1-7(2-4-8)9(16)6-19-12-14-10(17)5-11(18)15-12/h1-5H,6,13H2,(H2,14,15,17,18). The number of aromatic nitrogens is 2. The zero-order valence-corrected chi connectivity index (χ0v) is 10.6. The molecular formula is C12H11N3O3S. The van der Waals surface area contributed by atoms with Crippen LogP contribution in [0, 0.1) is 0 Å². The predicted octanol–water partition coefficient (Wildman–Crippen LogP) is 1.03. The van der Waals surface area contributed by atoms with Crippen molar-refractivity contribution < 1.29 is 9.90 Å². The number of hydrogen-bond acceptors (Lipinski definition) is 6. The Bertz CT molecular complexity index is 652.